The van der Waals surface area contributed by atoms with Gasteiger partial charge < -0.3 is 21.1 Å². The first-order chi connectivity index (χ1) is 15.3. The van der Waals surface area contributed by atoms with E-state index in [1.165, 1.54) is 6.20 Å². The summed E-state index contributed by atoms with van der Waals surface area (Å²) in [5.74, 6) is -0.977. The van der Waals surface area contributed by atoms with E-state index in [4.69, 9.17) is 10.8 Å². The standard InChI is InChI=1S/C19H21F3N8O2/c20-19(21,22)14-2-4-30-17(26-14)15(16(23)27-30)18(32)25-12-11-24-3-1-13(12)29-7-5-28(6-8-29)9-10-31/h1-4,11,31H,5-10H2,(H2,23,27)(H,25,32). The number of anilines is 3. The first kappa shape index (κ1) is 21.8. The number of aliphatic hydroxyl groups is 1. The van der Waals surface area contributed by atoms with E-state index in [9.17, 15) is 18.0 Å². The number of nitrogens with zero attached hydrogens (tertiary/aromatic N) is 6. The molecule has 3 aromatic rings. The number of aliphatic hydroxyl groups excluding tert-OH is 1. The van der Waals surface area contributed by atoms with E-state index in [1.807, 2.05) is 0 Å². The SMILES string of the molecule is Nc1nn2ccc(C(F)(F)F)nc2c1C(=O)Nc1cnccc1N1CCN(CCO)CC1. The zero-order chi connectivity index (χ0) is 22.9. The van der Waals surface area contributed by atoms with Gasteiger partial charge in [0.1, 0.15) is 11.3 Å². The maximum absolute atomic E-state index is 13.1. The van der Waals surface area contributed by atoms with Gasteiger partial charge in [-0.2, -0.15) is 13.2 Å². The van der Waals surface area contributed by atoms with Crippen LogP contribution < -0.4 is 16.0 Å². The molecule has 1 aliphatic heterocycles. The fourth-order valence-corrected chi connectivity index (χ4v) is 3.62. The number of hydrogen-bond donors (Lipinski definition) is 3. The van der Waals surface area contributed by atoms with Crippen LogP contribution in [0.2, 0.25) is 0 Å². The van der Waals surface area contributed by atoms with E-state index in [-0.39, 0.29) is 23.6 Å². The van der Waals surface area contributed by atoms with Crippen molar-refractivity contribution in [3.05, 3.63) is 42.0 Å². The second kappa shape index (κ2) is 8.59. The van der Waals surface area contributed by atoms with Crippen molar-refractivity contribution in [1.82, 2.24) is 24.5 Å². The Labute approximate surface area is 180 Å². The highest BCUT2D eigenvalue weighted by molar-refractivity contribution is 6.12. The topological polar surface area (TPSA) is 125 Å². The Bertz CT molecular complexity index is 1130. The number of alkyl halides is 3. The molecule has 4 N–H and O–H groups in total. The van der Waals surface area contributed by atoms with Crippen LogP contribution in [0.1, 0.15) is 16.1 Å². The van der Waals surface area contributed by atoms with Crippen molar-refractivity contribution >= 4 is 28.7 Å². The monoisotopic (exact) mass is 450 g/mol. The number of nitrogen functional groups attached to an aromatic ring is 1. The van der Waals surface area contributed by atoms with Crippen molar-refractivity contribution in [3.8, 4) is 0 Å². The molecule has 0 aliphatic carbocycles. The van der Waals surface area contributed by atoms with Gasteiger partial charge in [-0.05, 0) is 12.1 Å². The highest BCUT2D eigenvalue weighted by Crippen LogP contribution is 2.30. The van der Waals surface area contributed by atoms with Crippen LogP contribution in [0.5, 0.6) is 0 Å². The summed E-state index contributed by atoms with van der Waals surface area (Å²) in [5, 5.41) is 15.7. The van der Waals surface area contributed by atoms with E-state index in [2.05, 4.69) is 30.2 Å². The number of fused-ring (bicyclic) bond motifs is 1. The van der Waals surface area contributed by atoms with Crippen LogP contribution in [0.4, 0.5) is 30.4 Å². The molecular weight excluding hydrogens is 429 g/mol. The van der Waals surface area contributed by atoms with Crippen LogP contribution in [0.15, 0.2) is 30.7 Å². The lowest BCUT2D eigenvalue weighted by Crippen LogP contribution is -2.47. The number of rotatable bonds is 5. The largest absolute Gasteiger partial charge is 0.433 e. The number of halogens is 3. The van der Waals surface area contributed by atoms with Gasteiger partial charge in [0.2, 0.25) is 0 Å². The van der Waals surface area contributed by atoms with E-state index in [0.717, 1.165) is 35.6 Å². The molecule has 0 aromatic carbocycles. The Hall–Kier alpha value is -3.45. The summed E-state index contributed by atoms with van der Waals surface area (Å²) in [6.45, 7) is 3.49. The first-order valence-corrected chi connectivity index (χ1v) is 9.83. The van der Waals surface area contributed by atoms with Gasteiger partial charge in [0.25, 0.3) is 5.91 Å². The molecule has 0 spiro atoms. The second-order valence-electron chi connectivity index (χ2n) is 7.24. The van der Waals surface area contributed by atoms with Crippen LogP contribution in [-0.2, 0) is 6.18 Å². The lowest BCUT2D eigenvalue weighted by molar-refractivity contribution is -0.141. The van der Waals surface area contributed by atoms with Gasteiger partial charge in [-0.25, -0.2) is 9.50 Å². The number of carbonyl (C=O) groups excluding carboxylic acids is 1. The van der Waals surface area contributed by atoms with E-state index in [1.54, 1.807) is 12.3 Å². The third-order valence-corrected chi connectivity index (χ3v) is 5.21. The second-order valence-corrected chi connectivity index (χ2v) is 7.24. The predicted molar refractivity (Wildman–Crippen MR) is 110 cm³/mol. The van der Waals surface area contributed by atoms with Crippen LogP contribution in [0.25, 0.3) is 5.65 Å². The molecule has 1 fully saturated rings. The smallest absolute Gasteiger partial charge is 0.395 e. The molecule has 0 saturated carbocycles. The molecule has 0 unspecified atom stereocenters. The number of carbonyl (C=O) groups is 1. The van der Waals surface area contributed by atoms with E-state index in [0.29, 0.717) is 25.3 Å². The molecule has 170 valence electrons. The predicted octanol–water partition coefficient (Wildman–Crippen LogP) is 1.09. The zero-order valence-electron chi connectivity index (χ0n) is 16.9. The molecule has 0 atom stereocenters. The summed E-state index contributed by atoms with van der Waals surface area (Å²) in [5.41, 5.74) is 5.24. The molecule has 1 aliphatic rings. The minimum atomic E-state index is -4.68. The van der Waals surface area contributed by atoms with Crippen molar-refractivity contribution in [2.75, 3.05) is 55.3 Å². The third kappa shape index (κ3) is 4.29. The summed E-state index contributed by atoms with van der Waals surface area (Å²) in [7, 11) is 0. The Kier molecular flexibility index (Phi) is 5.84. The van der Waals surface area contributed by atoms with Gasteiger partial charge in [0, 0.05) is 45.1 Å². The van der Waals surface area contributed by atoms with E-state index >= 15 is 0 Å². The number of nitrogens with one attached hydrogen (secondary N) is 1. The molecule has 4 rings (SSSR count). The molecule has 0 bridgehead atoms. The maximum Gasteiger partial charge on any atom is 0.433 e. The molecule has 3 aromatic heterocycles. The average Bonchev–Trinajstić information content (AvgIpc) is 3.09. The first-order valence-electron chi connectivity index (χ1n) is 9.83. The molecule has 1 amide bonds. The number of piperazine rings is 1. The Morgan fingerprint density at radius 3 is 2.66 bits per heavy atom. The quantitative estimate of drug-likeness (QED) is 0.528. The van der Waals surface area contributed by atoms with Crippen LogP contribution >= 0.6 is 0 Å². The zero-order valence-corrected chi connectivity index (χ0v) is 16.9. The maximum atomic E-state index is 13.1. The van der Waals surface area contributed by atoms with Gasteiger partial charge in [-0.15, -0.1) is 5.10 Å². The molecule has 10 nitrogen and oxygen atoms in total. The summed E-state index contributed by atoms with van der Waals surface area (Å²) < 4.78 is 40.3. The van der Waals surface area contributed by atoms with Crippen molar-refractivity contribution in [2.24, 2.45) is 0 Å². The van der Waals surface area contributed by atoms with Crippen molar-refractivity contribution in [1.29, 1.82) is 0 Å². The fraction of sp³-hybridized carbons (Fsp3) is 0.368. The van der Waals surface area contributed by atoms with Crippen molar-refractivity contribution < 1.29 is 23.1 Å². The van der Waals surface area contributed by atoms with Crippen LogP contribution in [-0.4, -0.2) is 74.8 Å². The lowest BCUT2D eigenvalue weighted by Gasteiger charge is -2.36. The molecule has 0 radical (unpaired) electrons. The molecule has 4 heterocycles. The minimum Gasteiger partial charge on any atom is -0.395 e. The highest BCUT2D eigenvalue weighted by atomic mass is 19.4. The minimum absolute atomic E-state index is 0.0850. The lowest BCUT2D eigenvalue weighted by atomic mass is 10.2. The fourth-order valence-electron chi connectivity index (χ4n) is 3.62. The third-order valence-electron chi connectivity index (χ3n) is 5.21. The Morgan fingerprint density at radius 2 is 1.97 bits per heavy atom. The Morgan fingerprint density at radius 1 is 1.22 bits per heavy atom. The summed E-state index contributed by atoms with van der Waals surface area (Å²) in [6, 6.07) is 2.51. The number of pyridine rings is 1. The summed E-state index contributed by atoms with van der Waals surface area (Å²) in [4.78, 5) is 24.8. The van der Waals surface area contributed by atoms with Crippen molar-refractivity contribution in [3.63, 3.8) is 0 Å². The normalized spacial score (nSPS) is 15.3. The number of amides is 1. The summed E-state index contributed by atoms with van der Waals surface area (Å²) in [6.07, 6.45) is -0.571. The summed E-state index contributed by atoms with van der Waals surface area (Å²) >= 11 is 0. The van der Waals surface area contributed by atoms with Gasteiger partial charge in [-0.3, -0.25) is 14.7 Å². The molecular formula is C19H21F3N8O2. The number of aromatic nitrogens is 4. The molecule has 32 heavy (non-hydrogen) atoms. The van der Waals surface area contributed by atoms with Crippen LogP contribution in [0.3, 0.4) is 0 Å². The number of β-amino-alcohol motifs (C(OH)–C–C–N with tert-alkyl or cyclic N) is 1. The van der Waals surface area contributed by atoms with Crippen molar-refractivity contribution in [2.45, 2.75) is 6.18 Å². The Balaban J connectivity index is 1.60. The van der Waals surface area contributed by atoms with Crippen LogP contribution in [0, 0.1) is 0 Å². The molecule has 1 saturated heterocycles. The van der Waals surface area contributed by atoms with Gasteiger partial charge in [0.05, 0.1) is 24.2 Å². The van der Waals surface area contributed by atoms with Gasteiger partial charge in [0.15, 0.2) is 11.5 Å². The number of nitrogens with two attached hydrogens (primary N) is 1. The highest BCUT2D eigenvalue weighted by Gasteiger charge is 2.34. The van der Waals surface area contributed by atoms with Gasteiger partial charge >= 0.3 is 6.18 Å². The molecule has 13 heteroatoms. The van der Waals surface area contributed by atoms with E-state index < -0.39 is 17.8 Å². The van der Waals surface area contributed by atoms with Gasteiger partial charge in [-0.1, -0.05) is 0 Å². The number of hydrogen-bond acceptors (Lipinski definition) is 8. The average molecular weight is 450 g/mol.